The highest BCUT2D eigenvalue weighted by Gasteiger charge is 2.14. The molecule has 2 rings (SSSR count). The number of nitrogens with two attached hydrogens (primary N) is 1. The van der Waals surface area contributed by atoms with Crippen molar-refractivity contribution >= 4 is 15.5 Å². The number of hydrogen-bond donors (Lipinski definition) is 1. The molecule has 88 valence electrons. The minimum absolute atomic E-state index is 0.00269. The van der Waals surface area contributed by atoms with Gasteiger partial charge in [0.1, 0.15) is 0 Å². The van der Waals surface area contributed by atoms with E-state index >= 15 is 0 Å². The molecule has 0 saturated heterocycles. The van der Waals surface area contributed by atoms with Gasteiger partial charge in [0.15, 0.2) is 9.84 Å². The molecule has 0 unspecified atom stereocenters. The summed E-state index contributed by atoms with van der Waals surface area (Å²) in [5.74, 6) is -0.00269. The van der Waals surface area contributed by atoms with Crippen LogP contribution in [0.4, 0.5) is 5.69 Å². The summed E-state index contributed by atoms with van der Waals surface area (Å²) in [5, 5.41) is 0. The SMILES string of the molecule is Nc1ccc(CS(=O)(=O)c2ccccc2)cc1. The first-order valence-corrected chi connectivity index (χ1v) is 6.85. The van der Waals surface area contributed by atoms with E-state index in [1.807, 2.05) is 0 Å². The number of sulfone groups is 1. The first kappa shape index (κ1) is 11.7. The Morgan fingerprint density at radius 2 is 1.47 bits per heavy atom. The summed E-state index contributed by atoms with van der Waals surface area (Å²) in [6.45, 7) is 0. The average Bonchev–Trinajstić information content (AvgIpc) is 2.33. The zero-order valence-corrected chi connectivity index (χ0v) is 10.0. The molecule has 0 amide bonds. The number of anilines is 1. The molecule has 0 heterocycles. The first-order chi connectivity index (χ1) is 8.08. The van der Waals surface area contributed by atoms with Gasteiger partial charge in [-0.25, -0.2) is 8.42 Å². The Balaban J connectivity index is 2.27. The van der Waals surface area contributed by atoms with Crippen LogP contribution in [0.15, 0.2) is 59.5 Å². The Morgan fingerprint density at radius 3 is 2.06 bits per heavy atom. The Morgan fingerprint density at radius 1 is 0.882 bits per heavy atom. The number of benzene rings is 2. The van der Waals surface area contributed by atoms with E-state index in [0.29, 0.717) is 10.6 Å². The maximum absolute atomic E-state index is 12.1. The standard InChI is InChI=1S/C13H13NO2S/c14-12-8-6-11(7-9-12)10-17(15,16)13-4-2-1-3-5-13/h1-9H,10,14H2. The lowest BCUT2D eigenvalue weighted by atomic mass is 10.2. The molecule has 3 nitrogen and oxygen atoms in total. The minimum Gasteiger partial charge on any atom is -0.399 e. The molecule has 0 bridgehead atoms. The van der Waals surface area contributed by atoms with E-state index in [0.717, 1.165) is 5.56 Å². The van der Waals surface area contributed by atoms with Gasteiger partial charge in [0.25, 0.3) is 0 Å². The molecule has 0 aliphatic rings. The fourth-order valence-electron chi connectivity index (χ4n) is 1.54. The van der Waals surface area contributed by atoms with E-state index in [1.54, 1.807) is 54.6 Å². The van der Waals surface area contributed by atoms with Crippen LogP contribution in [0.1, 0.15) is 5.56 Å². The minimum atomic E-state index is -3.27. The van der Waals surface area contributed by atoms with E-state index < -0.39 is 9.84 Å². The van der Waals surface area contributed by atoms with E-state index in [2.05, 4.69) is 0 Å². The summed E-state index contributed by atoms with van der Waals surface area (Å²) >= 11 is 0. The second-order valence-corrected chi connectivity index (χ2v) is 5.80. The van der Waals surface area contributed by atoms with E-state index in [-0.39, 0.29) is 5.75 Å². The molecular weight excluding hydrogens is 234 g/mol. The van der Waals surface area contributed by atoms with Gasteiger partial charge in [-0.05, 0) is 29.8 Å². The molecule has 2 N–H and O–H groups in total. The highest BCUT2D eigenvalue weighted by molar-refractivity contribution is 7.90. The molecule has 0 atom stereocenters. The summed E-state index contributed by atoms with van der Waals surface area (Å²) in [4.78, 5) is 0.344. The van der Waals surface area contributed by atoms with Crippen molar-refractivity contribution in [2.75, 3.05) is 5.73 Å². The van der Waals surface area contributed by atoms with Crippen molar-refractivity contribution in [3.05, 3.63) is 60.2 Å². The fourth-order valence-corrected chi connectivity index (χ4v) is 2.91. The van der Waals surface area contributed by atoms with Crippen LogP contribution in [0.5, 0.6) is 0 Å². The van der Waals surface area contributed by atoms with Gasteiger partial charge in [-0.15, -0.1) is 0 Å². The topological polar surface area (TPSA) is 60.2 Å². The molecule has 0 aliphatic heterocycles. The summed E-state index contributed by atoms with van der Waals surface area (Å²) in [6.07, 6.45) is 0. The van der Waals surface area contributed by atoms with E-state index in [1.165, 1.54) is 0 Å². The molecule has 2 aromatic rings. The molecule has 4 heteroatoms. The predicted octanol–water partition coefficient (Wildman–Crippen LogP) is 2.24. The lowest BCUT2D eigenvalue weighted by Gasteiger charge is -2.04. The second-order valence-electron chi connectivity index (χ2n) is 3.81. The largest absolute Gasteiger partial charge is 0.399 e. The van der Waals surface area contributed by atoms with Crippen molar-refractivity contribution in [1.82, 2.24) is 0 Å². The highest BCUT2D eigenvalue weighted by atomic mass is 32.2. The average molecular weight is 247 g/mol. The monoisotopic (exact) mass is 247 g/mol. The van der Waals surface area contributed by atoms with Crippen molar-refractivity contribution in [3.8, 4) is 0 Å². The molecule has 0 aromatic heterocycles. The van der Waals surface area contributed by atoms with Crippen LogP contribution in [-0.2, 0) is 15.6 Å². The smallest absolute Gasteiger partial charge is 0.182 e. The van der Waals surface area contributed by atoms with Crippen LogP contribution in [0.3, 0.4) is 0 Å². The maximum atomic E-state index is 12.1. The summed E-state index contributed by atoms with van der Waals surface area (Å²) in [5.41, 5.74) is 6.92. The Kier molecular flexibility index (Phi) is 3.15. The first-order valence-electron chi connectivity index (χ1n) is 5.20. The molecule has 17 heavy (non-hydrogen) atoms. The molecule has 0 spiro atoms. The zero-order valence-electron chi connectivity index (χ0n) is 9.21. The van der Waals surface area contributed by atoms with Crippen molar-refractivity contribution in [1.29, 1.82) is 0 Å². The normalized spacial score (nSPS) is 11.3. The van der Waals surface area contributed by atoms with Gasteiger partial charge < -0.3 is 5.73 Å². The van der Waals surface area contributed by atoms with Crippen LogP contribution >= 0.6 is 0 Å². The van der Waals surface area contributed by atoms with Crippen LogP contribution in [0, 0.1) is 0 Å². The van der Waals surface area contributed by atoms with Crippen molar-refractivity contribution < 1.29 is 8.42 Å². The van der Waals surface area contributed by atoms with Gasteiger partial charge in [-0.1, -0.05) is 30.3 Å². The third-order valence-corrected chi connectivity index (χ3v) is 4.14. The molecule has 0 saturated carbocycles. The third-order valence-electron chi connectivity index (χ3n) is 2.44. The quantitative estimate of drug-likeness (QED) is 0.846. The Labute approximate surface area is 101 Å². The molecule has 0 aliphatic carbocycles. The van der Waals surface area contributed by atoms with Gasteiger partial charge in [0, 0.05) is 5.69 Å². The van der Waals surface area contributed by atoms with Gasteiger partial charge in [-0.3, -0.25) is 0 Å². The maximum Gasteiger partial charge on any atom is 0.182 e. The molecule has 0 radical (unpaired) electrons. The third kappa shape index (κ3) is 2.85. The fraction of sp³-hybridized carbons (Fsp3) is 0.0769. The summed E-state index contributed by atoms with van der Waals surface area (Å²) in [7, 11) is -3.27. The summed E-state index contributed by atoms with van der Waals surface area (Å²) < 4.78 is 24.1. The Bertz CT molecular complexity index is 589. The van der Waals surface area contributed by atoms with Crippen LogP contribution < -0.4 is 5.73 Å². The zero-order chi connectivity index (χ0) is 12.3. The lowest BCUT2D eigenvalue weighted by Crippen LogP contribution is -2.04. The van der Waals surface area contributed by atoms with Crippen LogP contribution in [0.2, 0.25) is 0 Å². The van der Waals surface area contributed by atoms with Gasteiger partial charge >= 0.3 is 0 Å². The Hall–Kier alpha value is -1.81. The van der Waals surface area contributed by atoms with E-state index in [9.17, 15) is 8.42 Å². The van der Waals surface area contributed by atoms with Crippen LogP contribution in [-0.4, -0.2) is 8.42 Å². The number of hydrogen-bond acceptors (Lipinski definition) is 3. The van der Waals surface area contributed by atoms with Crippen molar-refractivity contribution in [3.63, 3.8) is 0 Å². The van der Waals surface area contributed by atoms with Crippen molar-refractivity contribution in [2.45, 2.75) is 10.6 Å². The van der Waals surface area contributed by atoms with E-state index in [4.69, 9.17) is 5.73 Å². The summed E-state index contributed by atoms with van der Waals surface area (Å²) in [6, 6.07) is 15.3. The number of rotatable bonds is 3. The van der Waals surface area contributed by atoms with Gasteiger partial charge in [-0.2, -0.15) is 0 Å². The number of nitrogen functional groups attached to an aromatic ring is 1. The molecule has 2 aromatic carbocycles. The highest BCUT2D eigenvalue weighted by Crippen LogP contribution is 2.16. The molecule has 0 fully saturated rings. The van der Waals surface area contributed by atoms with Crippen molar-refractivity contribution in [2.24, 2.45) is 0 Å². The molecular formula is C13H13NO2S. The lowest BCUT2D eigenvalue weighted by molar-refractivity contribution is 0.595. The van der Waals surface area contributed by atoms with Gasteiger partial charge in [0.05, 0.1) is 10.6 Å². The second kappa shape index (κ2) is 4.59. The van der Waals surface area contributed by atoms with Gasteiger partial charge in [0.2, 0.25) is 0 Å². The van der Waals surface area contributed by atoms with Crippen LogP contribution in [0.25, 0.3) is 0 Å². The predicted molar refractivity (Wildman–Crippen MR) is 68.2 cm³/mol.